The molecule has 8 nitrogen and oxygen atoms in total. The molecule has 0 aliphatic carbocycles. The first-order chi connectivity index (χ1) is 15.8. The third kappa shape index (κ3) is 5.24. The van der Waals surface area contributed by atoms with Gasteiger partial charge in [-0.25, -0.2) is 9.18 Å². The molecule has 0 unspecified atom stereocenters. The highest BCUT2D eigenvalue weighted by Crippen LogP contribution is 2.28. The van der Waals surface area contributed by atoms with E-state index in [1.807, 2.05) is 20.8 Å². The number of aromatic nitrogens is 3. The van der Waals surface area contributed by atoms with Crippen LogP contribution in [0.5, 0.6) is 11.5 Å². The van der Waals surface area contributed by atoms with Crippen LogP contribution in [0.3, 0.4) is 0 Å². The van der Waals surface area contributed by atoms with Gasteiger partial charge in [0.05, 0.1) is 18.8 Å². The first kappa shape index (κ1) is 24.0. The van der Waals surface area contributed by atoms with Crippen molar-refractivity contribution >= 4 is 11.6 Å². The summed E-state index contributed by atoms with van der Waals surface area (Å²) in [6.45, 7) is 5.75. The molecule has 1 heterocycles. The predicted molar refractivity (Wildman–Crippen MR) is 124 cm³/mol. The number of nitrogens with zero attached hydrogens (tertiary/aromatic N) is 3. The highest BCUT2D eigenvalue weighted by molar-refractivity contribution is 6.06. The summed E-state index contributed by atoms with van der Waals surface area (Å²) in [5, 5.41) is 6.98. The number of halogens is 1. The summed E-state index contributed by atoms with van der Waals surface area (Å²) in [4.78, 5) is 25.6. The number of benzene rings is 2. The van der Waals surface area contributed by atoms with E-state index in [-0.39, 0.29) is 23.1 Å². The van der Waals surface area contributed by atoms with Crippen molar-refractivity contribution in [1.29, 1.82) is 0 Å². The van der Waals surface area contributed by atoms with Crippen molar-refractivity contribution in [2.75, 3.05) is 12.4 Å². The van der Waals surface area contributed by atoms with Gasteiger partial charge in [0.1, 0.15) is 28.8 Å². The van der Waals surface area contributed by atoms with Gasteiger partial charge in [0.15, 0.2) is 0 Å². The van der Waals surface area contributed by atoms with Crippen LogP contribution in [0.1, 0.15) is 49.8 Å². The number of aryl methyl sites for hydroxylation is 1. The van der Waals surface area contributed by atoms with E-state index in [1.165, 1.54) is 10.6 Å². The van der Waals surface area contributed by atoms with Gasteiger partial charge in [-0.15, -0.1) is 5.10 Å². The largest absolute Gasteiger partial charge is 0.497 e. The van der Waals surface area contributed by atoms with E-state index < -0.39 is 17.4 Å². The Bertz CT molecular complexity index is 1180. The summed E-state index contributed by atoms with van der Waals surface area (Å²) in [5.74, 6) is 0.0460. The summed E-state index contributed by atoms with van der Waals surface area (Å²) in [5.41, 5.74) is -0.00942. The molecule has 0 radical (unpaired) electrons. The molecule has 0 aliphatic rings. The van der Waals surface area contributed by atoms with Crippen LogP contribution in [0.25, 0.3) is 5.69 Å². The summed E-state index contributed by atoms with van der Waals surface area (Å²) in [7, 11) is 3.13. The minimum absolute atomic E-state index is 0.0229. The number of ether oxygens (including phenoxy) is 2. The Morgan fingerprint density at radius 1 is 1.21 bits per heavy atom. The van der Waals surface area contributed by atoms with E-state index in [1.54, 1.807) is 38.4 Å². The lowest BCUT2D eigenvalue weighted by Crippen LogP contribution is -2.24. The van der Waals surface area contributed by atoms with Crippen molar-refractivity contribution in [3.05, 3.63) is 64.1 Å². The summed E-state index contributed by atoms with van der Waals surface area (Å²) < 4.78 is 28.7. The number of carbonyl (C=O) groups is 1. The van der Waals surface area contributed by atoms with E-state index in [2.05, 4.69) is 10.4 Å². The van der Waals surface area contributed by atoms with Gasteiger partial charge in [-0.05, 0) is 43.7 Å². The Balaban J connectivity index is 2.04. The number of amides is 1. The predicted octanol–water partition coefficient (Wildman–Crippen LogP) is 4.10. The minimum atomic E-state index is -0.756. The van der Waals surface area contributed by atoms with E-state index in [0.717, 1.165) is 23.6 Å². The van der Waals surface area contributed by atoms with Gasteiger partial charge in [0.25, 0.3) is 5.91 Å². The molecule has 33 heavy (non-hydrogen) atoms. The van der Waals surface area contributed by atoms with E-state index >= 15 is 4.39 Å². The number of carbonyl (C=O) groups excluding carboxylic acids is 1. The third-order valence-electron chi connectivity index (χ3n) is 5.28. The van der Waals surface area contributed by atoms with Crippen LogP contribution in [-0.4, -0.2) is 33.5 Å². The van der Waals surface area contributed by atoms with Gasteiger partial charge >= 0.3 is 5.69 Å². The topological polar surface area (TPSA) is 87.4 Å². The maximum absolute atomic E-state index is 15.2. The van der Waals surface area contributed by atoms with Crippen LogP contribution >= 0.6 is 0 Å². The molecule has 9 heteroatoms. The van der Waals surface area contributed by atoms with Crippen molar-refractivity contribution < 1.29 is 18.7 Å². The molecule has 1 atom stereocenters. The molecule has 176 valence electrons. The van der Waals surface area contributed by atoms with Crippen LogP contribution in [0.4, 0.5) is 10.1 Å². The minimum Gasteiger partial charge on any atom is -0.497 e. The van der Waals surface area contributed by atoms with Crippen LogP contribution < -0.4 is 20.5 Å². The Kier molecular flexibility index (Phi) is 7.52. The maximum Gasteiger partial charge on any atom is 0.350 e. The smallest absolute Gasteiger partial charge is 0.350 e. The molecule has 0 fully saturated rings. The van der Waals surface area contributed by atoms with Gasteiger partial charge < -0.3 is 14.8 Å². The molecule has 3 rings (SSSR count). The molecule has 0 spiro atoms. The first-order valence-corrected chi connectivity index (χ1v) is 10.9. The van der Waals surface area contributed by atoms with Crippen molar-refractivity contribution in [2.24, 2.45) is 7.05 Å². The highest BCUT2D eigenvalue weighted by Gasteiger charge is 2.22. The quantitative estimate of drug-likeness (QED) is 0.524. The van der Waals surface area contributed by atoms with Gasteiger partial charge in [-0.2, -0.15) is 4.68 Å². The summed E-state index contributed by atoms with van der Waals surface area (Å²) in [6.07, 6.45) is 1.92. The highest BCUT2D eigenvalue weighted by atomic mass is 19.1. The molecular weight excluding hydrogens is 427 g/mol. The van der Waals surface area contributed by atoms with Crippen LogP contribution in [0.15, 0.2) is 41.2 Å². The maximum atomic E-state index is 15.2. The van der Waals surface area contributed by atoms with Crippen molar-refractivity contribution in [3.8, 4) is 17.2 Å². The van der Waals surface area contributed by atoms with Crippen molar-refractivity contribution in [1.82, 2.24) is 14.3 Å². The number of nitrogens with one attached hydrogen (secondary N) is 1. The second kappa shape index (κ2) is 10.3. The monoisotopic (exact) mass is 456 g/mol. The molecule has 1 N–H and O–H groups in total. The average molecular weight is 457 g/mol. The summed E-state index contributed by atoms with van der Waals surface area (Å²) >= 11 is 0. The number of methoxy groups -OCH3 is 1. The molecule has 0 saturated heterocycles. The SMILES string of the molecule is CCC[C@H](C)Oc1cc(-n2nc(CC)n(C)c2=O)c(F)cc1C(=O)Nc1ccc(OC)cc1. The average Bonchev–Trinajstić information content (AvgIpc) is 3.09. The third-order valence-corrected chi connectivity index (χ3v) is 5.28. The van der Waals surface area contributed by atoms with E-state index in [9.17, 15) is 9.59 Å². The Morgan fingerprint density at radius 3 is 2.48 bits per heavy atom. The van der Waals surface area contributed by atoms with E-state index in [0.29, 0.717) is 23.7 Å². The number of anilines is 1. The molecule has 2 aromatic carbocycles. The van der Waals surface area contributed by atoms with E-state index in [4.69, 9.17) is 9.47 Å². The number of rotatable bonds is 9. The second-order valence-corrected chi connectivity index (χ2v) is 7.72. The van der Waals surface area contributed by atoms with Gasteiger partial charge in [0, 0.05) is 25.2 Å². The Hall–Kier alpha value is -3.62. The zero-order valence-electron chi connectivity index (χ0n) is 19.5. The molecule has 3 aromatic rings. The fourth-order valence-corrected chi connectivity index (χ4v) is 3.48. The Labute approximate surface area is 191 Å². The van der Waals surface area contributed by atoms with Gasteiger partial charge in [-0.1, -0.05) is 20.3 Å². The normalized spacial score (nSPS) is 11.8. The Morgan fingerprint density at radius 2 is 1.91 bits per heavy atom. The summed E-state index contributed by atoms with van der Waals surface area (Å²) in [6, 6.07) is 9.22. The van der Waals surface area contributed by atoms with Crippen molar-refractivity contribution in [3.63, 3.8) is 0 Å². The zero-order chi connectivity index (χ0) is 24.1. The lowest BCUT2D eigenvalue weighted by molar-refractivity contribution is 0.101. The lowest BCUT2D eigenvalue weighted by Gasteiger charge is -2.18. The fourth-order valence-electron chi connectivity index (χ4n) is 3.48. The fraction of sp³-hybridized carbons (Fsp3) is 0.375. The van der Waals surface area contributed by atoms with Crippen molar-refractivity contribution in [2.45, 2.75) is 46.1 Å². The standard InChI is InChI=1S/C24H29FN4O4/c1-6-8-15(3)33-21-14-20(29-24(31)28(4)22(7-2)27-29)19(25)13-18(21)23(30)26-16-9-11-17(32-5)12-10-16/h9-15H,6-8H2,1-5H3,(H,26,30)/t15-/m0/s1. The molecule has 0 bridgehead atoms. The molecule has 0 aliphatic heterocycles. The van der Waals surface area contributed by atoms with Crippen LogP contribution in [0.2, 0.25) is 0 Å². The molecule has 0 saturated carbocycles. The van der Waals surface area contributed by atoms with Crippen LogP contribution in [0, 0.1) is 5.82 Å². The first-order valence-electron chi connectivity index (χ1n) is 10.9. The number of hydrogen-bond donors (Lipinski definition) is 1. The van der Waals surface area contributed by atoms with Crippen LogP contribution in [-0.2, 0) is 13.5 Å². The molecule has 1 amide bonds. The molecule has 1 aromatic heterocycles. The zero-order valence-corrected chi connectivity index (χ0v) is 19.5. The lowest BCUT2D eigenvalue weighted by atomic mass is 10.1. The van der Waals surface area contributed by atoms with Gasteiger partial charge in [-0.3, -0.25) is 9.36 Å². The molecular formula is C24H29FN4O4. The van der Waals surface area contributed by atoms with Gasteiger partial charge in [0.2, 0.25) is 0 Å². The second-order valence-electron chi connectivity index (χ2n) is 7.72. The number of hydrogen-bond acceptors (Lipinski definition) is 5.